The molecule has 0 saturated heterocycles. The normalized spacial score (nSPS) is 11.9. The molecule has 7 nitrogen and oxygen atoms in total. The molecule has 0 saturated carbocycles. The van der Waals surface area contributed by atoms with E-state index in [2.05, 4.69) is 5.32 Å². The smallest absolute Gasteiger partial charge is 0.264 e. The quantitative estimate of drug-likeness (QED) is 0.214. The number of hydrogen-bond acceptors (Lipinski definition) is 5. The molecule has 0 aromatic heterocycles. The maximum Gasteiger partial charge on any atom is 0.264 e. The van der Waals surface area contributed by atoms with E-state index in [1.807, 2.05) is 43.5 Å². The summed E-state index contributed by atoms with van der Waals surface area (Å²) in [4.78, 5) is 29.7. The van der Waals surface area contributed by atoms with Crippen LogP contribution < -0.4 is 9.62 Å². The van der Waals surface area contributed by atoms with Gasteiger partial charge in [-0.25, -0.2) is 12.8 Å². The van der Waals surface area contributed by atoms with Gasteiger partial charge in [-0.05, 0) is 61.2 Å². The minimum atomic E-state index is -4.21. The summed E-state index contributed by atoms with van der Waals surface area (Å²) in [5.41, 5.74) is 2.20. The van der Waals surface area contributed by atoms with Crippen LogP contribution in [0, 0.1) is 12.7 Å². The standard InChI is InChI=1S/C33H34FN3O4S2/c1-24-13-15-27(16-14-24)37(43(40,41)29-19-17-28(42-3)18-20-29)23-32(38)36(22-26-11-7-8-12-30(26)34)31(33(39)35-2)21-25-9-5-4-6-10-25/h4-20,31H,21-23H2,1-3H3,(H,35,39). The molecular formula is C33H34FN3O4S2. The number of sulfonamides is 1. The van der Waals surface area contributed by atoms with E-state index in [9.17, 15) is 22.4 Å². The lowest BCUT2D eigenvalue weighted by Gasteiger charge is -2.33. The third-order valence-corrected chi connectivity index (χ3v) is 9.60. The molecule has 0 bridgehead atoms. The first-order valence-electron chi connectivity index (χ1n) is 13.7. The molecule has 4 rings (SSSR count). The van der Waals surface area contributed by atoms with Gasteiger partial charge in [0.15, 0.2) is 0 Å². The molecule has 0 aliphatic heterocycles. The number of amides is 2. The van der Waals surface area contributed by atoms with E-state index >= 15 is 0 Å². The molecule has 0 aliphatic rings. The Bertz CT molecular complexity index is 1650. The number of nitrogens with zero attached hydrogens (tertiary/aromatic N) is 2. The van der Waals surface area contributed by atoms with Gasteiger partial charge < -0.3 is 10.2 Å². The van der Waals surface area contributed by atoms with Gasteiger partial charge in [-0.2, -0.15) is 0 Å². The first-order valence-corrected chi connectivity index (χ1v) is 16.3. The van der Waals surface area contributed by atoms with Crippen molar-refractivity contribution in [2.75, 3.05) is 24.2 Å². The number of nitrogens with one attached hydrogen (secondary N) is 1. The molecule has 4 aromatic carbocycles. The third kappa shape index (κ3) is 7.82. The summed E-state index contributed by atoms with van der Waals surface area (Å²) >= 11 is 1.48. The summed E-state index contributed by atoms with van der Waals surface area (Å²) in [7, 11) is -2.74. The van der Waals surface area contributed by atoms with Gasteiger partial charge >= 0.3 is 0 Å². The van der Waals surface area contributed by atoms with Crippen molar-refractivity contribution in [2.45, 2.75) is 35.7 Å². The second-order valence-corrected chi connectivity index (χ2v) is 12.7. The average molecular weight is 620 g/mol. The Morgan fingerprint density at radius 1 is 0.884 bits per heavy atom. The molecule has 0 fully saturated rings. The monoisotopic (exact) mass is 619 g/mol. The zero-order valence-electron chi connectivity index (χ0n) is 24.2. The summed E-state index contributed by atoms with van der Waals surface area (Å²) < 4.78 is 44.0. The van der Waals surface area contributed by atoms with E-state index in [0.717, 1.165) is 20.3 Å². The van der Waals surface area contributed by atoms with Gasteiger partial charge in [0.2, 0.25) is 11.8 Å². The maximum atomic E-state index is 14.9. The van der Waals surface area contributed by atoms with Gasteiger partial charge in [-0.15, -0.1) is 11.8 Å². The van der Waals surface area contributed by atoms with Crippen molar-refractivity contribution in [1.82, 2.24) is 10.2 Å². The first-order chi connectivity index (χ1) is 20.6. The fourth-order valence-corrected chi connectivity index (χ4v) is 6.47. The fourth-order valence-electron chi connectivity index (χ4n) is 4.65. The second kappa shape index (κ2) is 14.3. The summed E-state index contributed by atoms with van der Waals surface area (Å²) in [5, 5.41) is 2.62. The average Bonchev–Trinajstić information content (AvgIpc) is 3.02. The van der Waals surface area contributed by atoms with Gasteiger partial charge in [-0.3, -0.25) is 13.9 Å². The van der Waals surface area contributed by atoms with Crippen LogP contribution in [0.3, 0.4) is 0 Å². The zero-order chi connectivity index (χ0) is 31.0. The molecule has 0 spiro atoms. The number of anilines is 1. The highest BCUT2D eigenvalue weighted by molar-refractivity contribution is 7.98. The molecule has 10 heteroatoms. The molecular weight excluding hydrogens is 586 g/mol. The predicted molar refractivity (Wildman–Crippen MR) is 169 cm³/mol. The van der Waals surface area contributed by atoms with Crippen molar-refractivity contribution in [3.05, 3.63) is 126 Å². The lowest BCUT2D eigenvalue weighted by atomic mass is 10.0. The van der Waals surface area contributed by atoms with Crippen molar-refractivity contribution in [3.63, 3.8) is 0 Å². The van der Waals surface area contributed by atoms with Crippen molar-refractivity contribution in [1.29, 1.82) is 0 Å². The molecule has 0 heterocycles. The van der Waals surface area contributed by atoms with E-state index in [0.29, 0.717) is 5.69 Å². The molecule has 1 N–H and O–H groups in total. The summed E-state index contributed by atoms with van der Waals surface area (Å²) in [6.07, 6.45) is 2.04. The lowest BCUT2D eigenvalue weighted by molar-refractivity contribution is -0.139. The summed E-state index contributed by atoms with van der Waals surface area (Å²) in [6.45, 7) is 1.04. The molecule has 0 aliphatic carbocycles. The third-order valence-electron chi connectivity index (χ3n) is 7.06. The molecule has 1 unspecified atom stereocenters. The summed E-state index contributed by atoms with van der Waals surface area (Å²) in [5.74, 6) is -1.64. The van der Waals surface area contributed by atoms with Crippen LogP contribution in [-0.4, -0.2) is 51.0 Å². The molecule has 2 amide bonds. The number of benzene rings is 4. The van der Waals surface area contributed by atoms with E-state index in [-0.39, 0.29) is 23.4 Å². The van der Waals surface area contributed by atoms with Crippen LogP contribution in [-0.2, 0) is 32.6 Å². The largest absolute Gasteiger partial charge is 0.357 e. The van der Waals surface area contributed by atoms with Gasteiger partial charge in [0.25, 0.3) is 10.0 Å². The lowest BCUT2D eigenvalue weighted by Crippen LogP contribution is -2.53. The molecule has 43 heavy (non-hydrogen) atoms. The van der Waals surface area contributed by atoms with Gasteiger partial charge in [0.1, 0.15) is 18.4 Å². The fraction of sp³-hybridized carbons (Fsp3) is 0.212. The number of halogens is 1. The Balaban J connectivity index is 1.79. The van der Waals surface area contributed by atoms with Gasteiger partial charge in [0, 0.05) is 30.5 Å². The number of hydrogen-bond donors (Lipinski definition) is 1. The Morgan fingerprint density at radius 3 is 2.12 bits per heavy atom. The SMILES string of the molecule is CNC(=O)C(Cc1ccccc1)N(Cc1ccccc1F)C(=O)CN(c1ccc(C)cc1)S(=O)(=O)c1ccc(SC)cc1. The van der Waals surface area contributed by atoms with E-state index < -0.39 is 40.2 Å². The Morgan fingerprint density at radius 2 is 1.51 bits per heavy atom. The number of rotatable bonds is 12. The first kappa shape index (κ1) is 31.8. The molecule has 0 radical (unpaired) electrons. The summed E-state index contributed by atoms with van der Waals surface area (Å²) in [6, 6.07) is 27.4. The highest BCUT2D eigenvalue weighted by atomic mass is 32.2. The minimum Gasteiger partial charge on any atom is -0.357 e. The number of likely N-dealkylation sites (N-methyl/N-ethyl adjacent to an activating group) is 1. The number of carbonyl (C=O) groups excluding carboxylic acids is 2. The van der Waals surface area contributed by atoms with Crippen molar-refractivity contribution >= 4 is 39.3 Å². The topological polar surface area (TPSA) is 86.8 Å². The highest BCUT2D eigenvalue weighted by Crippen LogP contribution is 2.27. The van der Waals surface area contributed by atoms with Crippen molar-refractivity contribution in [2.24, 2.45) is 0 Å². The predicted octanol–water partition coefficient (Wildman–Crippen LogP) is 5.44. The van der Waals surface area contributed by atoms with Crippen molar-refractivity contribution in [3.8, 4) is 0 Å². The molecule has 4 aromatic rings. The van der Waals surface area contributed by atoms with Crippen molar-refractivity contribution < 1.29 is 22.4 Å². The van der Waals surface area contributed by atoms with Crippen LogP contribution in [0.1, 0.15) is 16.7 Å². The molecule has 1 atom stereocenters. The Kier molecular flexibility index (Phi) is 10.6. The molecule has 224 valence electrons. The van der Waals surface area contributed by atoms with Gasteiger partial charge in [-0.1, -0.05) is 66.2 Å². The van der Waals surface area contributed by atoms with Crippen LogP contribution in [0.4, 0.5) is 10.1 Å². The van der Waals surface area contributed by atoms with E-state index in [1.54, 1.807) is 54.6 Å². The van der Waals surface area contributed by atoms with Crippen LogP contribution in [0.5, 0.6) is 0 Å². The van der Waals surface area contributed by atoms with Crippen LogP contribution in [0.2, 0.25) is 0 Å². The highest BCUT2D eigenvalue weighted by Gasteiger charge is 2.34. The Hall–Kier alpha value is -4.15. The number of thioether (sulfide) groups is 1. The second-order valence-electron chi connectivity index (χ2n) is 9.96. The van der Waals surface area contributed by atoms with E-state index in [4.69, 9.17) is 0 Å². The maximum absolute atomic E-state index is 14.9. The van der Waals surface area contributed by atoms with Gasteiger partial charge in [0.05, 0.1) is 10.6 Å². The number of carbonyl (C=O) groups is 2. The van der Waals surface area contributed by atoms with E-state index in [1.165, 1.54) is 41.9 Å². The minimum absolute atomic E-state index is 0.0199. The van der Waals surface area contributed by atoms with Crippen LogP contribution in [0.15, 0.2) is 113 Å². The van der Waals surface area contributed by atoms with Crippen LogP contribution >= 0.6 is 11.8 Å². The zero-order valence-corrected chi connectivity index (χ0v) is 25.9. The van der Waals surface area contributed by atoms with Crippen LogP contribution in [0.25, 0.3) is 0 Å². The Labute approximate surface area is 256 Å². The number of aryl methyl sites for hydroxylation is 1.